The molecule has 10 nitrogen and oxygen atoms in total. The largest absolute Gasteiger partial charge is 0.443 e. The summed E-state index contributed by atoms with van der Waals surface area (Å²) in [5.74, 6) is -0.557. The zero-order valence-corrected chi connectivity index (χ0v) is 28.5. The molecule has 2 N–H and O–H groups in total. The van der Waals surface area contributed by atoms with E-state index in [2.05, 4.69) is 32.0 Å². The van der Waals surface area contributed by atoms with Gasteiger partial charge in [0.2, 0.25) is 0 Å². The van der Waals surface area contributed by atoms with Gasteiger partial charge in [0, 0.05) is 35.5 Å². The van der Waals surface area contributed by atoms with Crippen LogP contribution in [0.2, 0.25) is 10.0 Å². The van der Waals surface area contributed by atoms with Crippen molar-refractivity contribution in [2.75, 3.05) is 22.1 Å². The van der Waals surface area contributed by atoms with Crippen molar-refractivity contribution in [1.29, 1.82) is 5.26 Å². The van der Waals surface area contributed by atoms with E-state index in [0.29, 0.717) is 51.6 Å². The van der Waals surface area contributed by atoms with E-state index < -0.39 is 23.6 Å². The number of halogens is 3. The lowest BCUT2D eigenvalue weighted by molar-refractivity contribution is 0.0584. The van der Waals surface area contributed by atoms with Crippen LogP contribution in [0.1, 0.15) is 69.1 Å². The summed E-state index contributed by atoms with van der Waals surface area (Å²) in [5, 5.41) is 26.6. The van der Waals surface area contributed by atoms with E-state index in [1.165, 1.54) is 24.4 Å². The van der Waals surface area contributed by atoms with Gasteiger partial charge in [0.25, 0.3) is 0 Å². The third kappa shape index (κ3) is 6.59. The molecular formula is C35H33Cl2FN8O2. The summed E-state index contributed by atoms with van der Waals surface area (Å²) in [4.78, 5) is 19.3. The molecule has 0 unspecified atom stereocenters. The average Bonchev–Trinajstić information content (AvgIpc) is 3.70. The van der Waals surface area contributed by atoms with E-state index in [9.17, 15) is 14.4 Å². The Hall–Kier alpha value is -4.92. The molecule has 3 heterocycles. The van der Waals surface area contributed by atoms with Crippen LogP contribution in [0, 0.1) is 17.1 Å². The van der Waals surface area contributed by atoms with Crippen molar-refractivity contribution >= 4 is 62.9 Å². The Balaban J connectivity index is 1.45. The molecule has 2 aromatic heterocycles. The number of nitriles is 1. The van der Waals surface area contributed by atoms with Gasteiger partial charge in [0.15, 0.2) is 0 Å². The Morgan fingerprint density at radius 1 is 1.10 bits per heavy atom. The van der Waals surface area contributed by atoms with Crippen LogP contribution >= 0.6 is 23.2 Å². The molecule has 5 aromatic rings. The SMILES string of the molecule is CC(C)n1cc([C@@H](Nc2cc(Cl)c3ncc(C#N)c(Nc4ccc(F)c(Cl)c4)c3c2)c2cccc3c2CCN3C(=O)OC(C)(C)C)nn1. The highest BCUT2D eigenvalue weighted by Crippen LogP contribution is 2.40. The first kappa shape index (κ1) is 33.0. The van der Waals surface area contributed by atoms with Crippen molar-refractivity contribution < 1.29 is 13.9 Å². The van der Waals surface area contributed by atoms with Gasteiger partial charge in [0.05, 0.1) is 44.7 Å². The average molecular weight is 688 g/mol. The summed E-state index contributed by atoms with van der Waals surface area (Å²) in [6.07, 6.45) is 3.54. The maximum Gasteiger partial charge on any atom is 0.414 e. The number of anilines is 4. The molecule has 0 spiro atoms. The molecule has 1 aliphatic heterocycles. The molecule has 0 radical (unpaired) electrons. The zero-order chi connectivity index (χ0) is 34.3. The first-order chi connectivity index (χ1) is 22.8. The number of pyridine rings is 1. The summed E-state index contributed by atoms with van der Waals surface area (Å²) >= 11 is 12.9. The van der Waals surface area contributed by atoms with E-state index in [1.54, 1.807) is 15.6 Å². The molecule has 0 saturated heterocycles. The maximum absolute atomic E-state index is 13.9. The van der Waals surface area contributed by atoms with Gasteiger partial charge in [-0.05, 0) is 88.6 Å². The van der Waals surface area contributed by atoms with Crippen LogP contribution in [0.15, 0.2) is 60.9 Å². The smallest absolute Gasteiger partial charge is 0.414 e. The summed E-state index contributed by atoms with van der Waals surface area (Å²) < 4.78 is 21.4. The number of carbonyl (C=O) groups is 1. The number of fused-ring (bicyclic) bond motifs is 2. The molecule has 48 heavy (non-hydrogen) atoms. The molecule has 0 bridgehead atoms. The number of aromatic nitrogens is 4. The van der Waals surface area contributed by atoms with Crippen LogP contribution in [-0.2, 0) is 11.2 Å². The van der Waals surface area contributed by atoms with Gasteiger partial charge >= 0.3 is 6.09 Å². The lowest BCUT2D eigenvalue weighted by Crippen LogP contribution is -2.35. The highest BCUT2D eigenvalue weighted by molar-refractivity contribution is 6.36. The maximum atomic E-state index is 13.9. The third-order valence-electron chi connectivity index (χ3n) is 7.89. The molecule has 1 amide bonds. The van der Waals surface area contributed by atoms with Gasteiger partial charge in [-0.1, -0.05) is 40.5 Å². The molecule has 1 aliphatic rings. The Morgan fingerprint density at radius 3 is 2.56 bits per heavy atom. The zero-order valence-electron chi connectivity index (χ0n) is 27.0. The Bertz CT molecular complexity index is 2090. The molecule has 13 heteroatoms. The second-order valence-electron chi connectivity index (χ2n) is 12.8. The van der Waals surface area contributed by atoms with Gasteiger partial charge in [-0.3, -0.25) is 9.88 Å². The number of amides is 1. The van der Waals surface area contributed by atoms with Crippen molar-refractivity contribution in [3.63, 3.8) is 0 Å². The lowest BCUT2D eigenvalue weighted by Gasteiger charge is -2.25. The molecular weight excluding hydrogens is 654 g/mol. The van der Waals surface area contributed by atoms with Gasteiger partial charge in [0.1, 0.15) is 23.2 Å². The number of hydrogen-bond acceptors (Lipinski definition) is 8. The normalized spacial score (nSPS) is 13.4. The Kier molecular flexibility index (Phi) is 8.90. The van der Waals surface area contributed by atoms with E-state index >= 15 is 0 Å². The fourth-order valence-corrected chi connectivity index (χ4v) is 6.12. The number of rotatable bonds is 7. The third-order valence-corrected chi connectivity index (χ3v) is 8.46. The topological polar surface area (TPSA) is 121 Å². The van der Waals surface area contributed by atoms with Crippen LogP contribution in [0.4, 0.5) is 31.9 Å². The van der Waals surface area contributed by atoms with Crippen LogP contribution in [0.3, 0.4) is 0 Å². The van der Waals surface area contributed by atoms with E-state index in [-0.39, 0.29) is 16.6 Å². The molecule has 0 fully saturated rings. The number of carbonyl (C=O) groups excluding carboxylic acids is 1. The molecule has 0 aliphatic carbocycles. The fourth-order valence-electron chi connectivity index (χ4n) is 5.67. The molecule has 0 saturated carbocycles. The van der Waals surface area contributed by atoms with Crippen molar-refractivity contribution in [3.05, 3.63) is 99.2 Å². The highest BCUT2D eigenvalue weighted by atomic mass is 35.5. The summed E-state index contributed by atoms with van der Waals surface area (Å²) in [7, 11) is 0. The van der Waals surface area contributed by atoms with Crippen molar-refractivity contribution in [2.45, 2.75) is 58.7 Å². The van der Waals surface area contributed by atoms with Crippen molar-refractivity contribution in [2.24, 2.45) is 0 Å². The van der Waals surface area contributed by atoms with E-state index in [1.807, 2.05) is 65.1 Å². The molecule has 1 atom stereocenters. The first-order valence-electron chi connectivity index (χ1n) is 15.4. The van der Waals surface area contributed by atoms with Crippen LogP contribution in [-0.4, -0.2) is 38.2 Å². The summed E-state index contributed by atoms with van der Waals surface area (Å²) in [5.41, 5.74) is 4.95. The number of nitrogens with one attached hydrogen (secondary N) is 2. The van der Waals surface area contributed by atoms with Crippen LogP contribution in [0.25, 0.3) is 10.9 Å². The number of ether oxygens (including phenoxy) is 1. The van der Waals surface area contributed by atoms with E-state index in [0.717, 1.165) is 16.8 Å². The van der Waals surface area contributed by atoms with Gasteiger partial charge in [-0.25, -0.2) is 13.9 Å². The first-order valence-corrected chi connectivity index (χ1v) is 16.1. The monoisotopic (exact) mass is 686 g/mol. The Labute approximate surface area is 287 Å². The van der Waals surface area contributed by atoms with Gasteiger partial charge in [-0.2, -0.15) is 5.26 Å². The predicted molar refractivity (Wildman–Crippen MR) is 186 cm³/mol. The number of hydrogen-bond donors (Lipinski definition) is 2. The van der Waals surface area contributed by atoms with Crippen LogP contribution in [0.5, 0.6) is 0 Å². The standard InChI is InChI=1S/C35H33Cl2FN8O2/c1-19(2)46-18-29(43-44-46)33(24-7-6-8-30-23(24)11-12-45(30)34(47)48-35(3,4)5)42-22-13-25-31(41-21-9-10-28(38)26(36)14-21)20(16-39)17-40-32(25)27(37)15-22/h6-10,13-15,17-19,33,42H,11-12H2,1-5H3,(H,40,41)/t33-/m0/s1. The lowest BCUT2D eigenvalue weighted by atomic mass is 9.96. The minimum atomic E-state index is -0.636. The molecule has 3 aromatic carbocycles. The van der Waals surface area contributed by atoms with Crippen molar-refractivity contribution in [1.82, 2.24) is 20.0 Å². The second-order valence-corrected chi connectivity index (χ2v) is 13.6. The number of benzene rings is 3. The Morgan fingerprint density at radius 2 is 1.88 bits per heavy atom. The minimum absolute atomic E-state index is 0.0600. The predicted octanol–water partition coefficient (Wildman–Crippen LogP) is 8.97. The quantitative estimate of drug-likeness (QED) is 0.174. The molecule has 6 rings (SSSR count). The summed E-state index contributed by atoms with van der Waals surface area (Å²) in [6, 6.07) is 15.4. The minimum Gasteiger partial charge on any atom is -0.443 e. The highest BCUT2D eigenvalue weighted by Gasteiger charge is 2.33. The van der Waals surface area contributed by atoms with Gasteiger partial charge < -0.3 is 15.4 Å². The summed E-state index contributed by atoms with van der Waals surface area (Å²) in [6.45, 7) is 10.0. The fraction of sp³-hybridized carbons (Fsp3) is 0.286. The van der Waals surface area contributed by atoms with Gasteiger partial charge in [-0.15, -0.1) is 5.10 Å². The number of nitrogens with zero attached hydrogens (tertiary/aromatic N) is 6. The molecule has 246 valence electrons. The van der Waals surface area contributed by atoms with Crippen LogP contribution < -0.4 is 15.5 Å². The van der Waals surface area contributed by atoms with E-state index in [4.69, 9.17) is 27.9 Å². The second kappa shape index (κ2) is 12.9. The van der Waals surface area contributed by atoms with Crippen molar-refractivity contribution in [3.8, 4) is 6.07 Å².